The first kappa shape index (κ1) is 14.8. The second kappa shape index (κ2) is 6.69. The van der Waals surface area contributed by atoms with Crippen molar-refractivity contribution in [2.75, 3.05) is 11.9 Å². The molecule has 0 aliphatic carbocycles. The number of anilines is 1. The Bertz CT molecular complexity index is 710. The molecule has 4 heteroatoms. The highest BCUT2D eigenvalue weighted by atomic mass is 16.2. The highest BCUT2D eigenvalue weighted by molar-refractivity contribution is 6.04. The van der Waals surface area contributed by atoms with Crippen LogP contribution in [0, 0.1) is 25.7 Å². The van der Waals surface area contributed by atoms with E-state index in [4.69, 9.17) is 5.11 Å². The van der Waals surface area contributed by atoms with Gasteiger partial charge in [-0.25, -0.2) is 0 Å². The molecular weight excluding hydrogens is 264 g/mol. The van der Waals surface area contributed by atoms with Crippen LogP contribution >= 0.6 is 0 Å². The van der Waals surface area contributed by atoms with Gasteiger partial charge in [0.2, 0.25) is 0 Å². The van der Waals surface area contributed by atoms with E-state index in [0.29, 0.717) is 16.8 Å². The van der Waals surface area contributed by atoms with E-state index in [1.807, 2.05) is 32.0 Å². The molecule has 0 fully saturated rings. The van der Waals surface area contributed by atoms with Crippen molar-refractivity contribution in [2.45, 2.75) is 13.8 Å². The quantitative estimate of drug-likeness (QED) is 0.830. The summed E-state index contributed by atoms with van der Waals surface area (Å²) in [4.78, 5) is 16.4. The summed E-state index contributed by atoms with van der Waals surface area (Å²) in [5, 5.41) is 11.5. The monoisotopic (exact) mass is 280 g/mol. The van der Waals surface area contributed by atoms with E-state index in [1.165, 1.54) is 0 Å². The number of benzene rings is 1. The molecule has 0 unspecified atom stereocenters. The largest absolute Gasteiger partial charge is 0.384 e. The van der Waals surface area contributed by atoms with Crippen LogP contribution < -0.4 is 5.32 Å². The zero-order valence-corrected chi connectivity index (χ0v) is 12.0. The maximum Gasteiger partial charge on any atom is 0.255 e. The lowest BCUT2D eigenvalue weighted by Gasteiger charge is -2.06. The number of nitrogens with one attached hydrogen (secondary N) is 1. The minimum absolute atomic E-state index is 0.204. The summed E-state index contributed by atoms with van der Waals surface area (Å²) in [6.07, 6.45) is 1.62. The van der Waals surface area contributed by atoms with Crippen molar-refractivity contribution in [1.82, 2.24) is 4.98 Å². The van der Waals surface area contributed by atoms with Gasteiger partial charge < -0.3 is 10.4 Å². The molecule has 4 nitrogen and oxygen atoms in total. The Morgan fingerprint density at radius 3 is 2.76 bits per heavy atom. The first-order chi connectivity index (χ1) is 10.1. The number of pyridine rings is 1. The minimum Gasteiger partial charge on any atom is -0.384 e. The van der Waals surface area contributed by atoms with E-state index in [-0.39, 0.29) is 12.5 Å². The van der Waals surface area contributed by atoms with Crippen LogP contribution in [0.15, 0.2) is 36.5 Å². The van der Waals surface area contributed by atoms with E-state index in [2.05, 4.69) is 22.1 Å². The Kier molecular flexibility index (Phi) is 4.70. The van der Waals surface area contributed by atoms with Gasteiger partial charge in [-0.3, -0.25) is 9.78 Å². The zero-order valence-electron chi connectivity index (χ0n) is 12.0. The van der Waals surface area contributed by atoms with Crippen molar-refractivity contribution in [2.24, 2.45) is 0 Å². The van der Waals surface area contributed by atoms with E-state index in [1.54, 1.807) is 18.3 Å². The molecule has 0 radical (unpaired) electrons. The molecular formula is C17H16N2O2. The SMILES string of the molecule is Cc1cc(C#CCO)cc(C(=O)Nc2ccc(C)nc2)c1. The average Bonchev–Trinajstić information content (AvgIpc) is 2.47. The Hall–Kier alpha value is -2.64. The number of aliphatic hydroxyl groups excluding tert-OH is 1. The summed E-state index contributed by atoms with van der Waals surface area (Å²) >= 11 is 0. The van der Waals surface area contributed by atoms with E-state index >= 15 is 0 Å². The van der Waals surface area contributed by atoms with Gasteiger partial charge >= 0.3 is 0 Å². The topological polar surface area (TPSA) is 62.2 Å². The van der Waals surface area contributed by atoms with Crippen LogP contribution in [0.2, 0.25) is 0 Å². The lowest BCUT2D eigenvalue weighted by atomic mass is 10.1. The first-order valence-corrected chi connectivity index (χ1v) is 6.54. The number of carbonyl (C=O) groups is 1. The van der Waals surface area contributed by atoms with Gasteiger partial charge in [0.05, 0.1) is 11.9 Å². The molecule has 1 aromatic carbocycles. The van der Waals surface area contributed by atoms with Crippen molar-refractivity contribution in [3.8, 4) is 11.8 Å². The van der Waals surface area contributed by atoms with Gasteiger partial charge in [-0.15, -0.1) is 0 Å². The molecule has 0 saturated heterocycles. The third-order valence-electron chi connectivity index (χ3n) is 2.82. The van der Waals surface area contributed by atoms with Crippen LogP contribution in [0.3, 0.4) is 0 Å². The molecule has 2 rings (SSSR count). The van der Waals surface area contributed by atoms with Crippen molar-refractivity contribution < 1.29 is 9.90 Å². The molecule has 21 heavy (non-hydrogen) atoms. The van der Waals surface area contributed by atoms with Gasteiger partial charge in [0, 0.05) is 16.8 Å². The van der Waals surface area contributed by atoms with Crippen LogP contribution in [-0.2, 0) is 0 Å². The summed E-state index contributed by atoms with van der Waals surface area (Å²) in [6.45, 7) is 3.58. The van der Waals surface area contributed by atoms with Gasteiger partial charge in [0.15, 0.2) is 0 Å². The molecule has 2 aromatic rings. The second-order valence-electron chi connectivity index (χ2n) is 4.69. The third-order valence-corrected chi connectivity index (χ3v) is 2.82. The smallest absolute Gasteiger partial charge is 0.255 e. The second-order valence-corrected chi connectivity index (χ2v) is 4.69. The molecule has 106 valence electrons. The molecule has 2 N–H and O–H groups in total. The summed E-state index contributed by atoms with van der Waals surface area (Å²) < 4.78 is 0. The van der Waals surface area contributed by atoms with Gasteiger partial charge in [-0.2, -0.15) is 0 Å². The number of rotatable bonds is 2. The number of amides is 1. The zero-order chi connectivity index (χ0) is 15.2. The Morgan fingerprint density at radius 1 is 1.29 bits per heavy atom. The summed E-state index contributed by atoms with van der Waals surface area (Å²) in [7, 11) is 0. The van der Waals surface area contributed by atoms with Crippen LogP contribution in [0.5, 0.6) is 0 Å². The highest BCUT2D eigenvalue weighted by Crippen LogP contribution is 2.12. The van der Waals surface area contributed by atoms with Crippen LogP contribution in [0.4, 0.5) is 5.69 Å². The van der Waals surface area contributed by atoms with Gasteiger partial charge in [-0.05, 0) is 49.7 Å². The molecule has 1 aromatic heterocycles. The van der Waals surface area contributed by atoms with Gasteiger partial charge in [0.1, 0.15) is 6.61 Å². The Balaban J connectivity index is 2.22. The van der Waals surface area contributed by atoms with Crippen molar-refractivity contribution >= 4 is 11.6 Å². The third kappa shape index (κ3) is 4.16. The fourth-order valence-corrected chi connectivity index (χ4v) is 1.87. The summed E-state index contributed by atoms with van der Waals surface area (Å²) in [5.74, 6) is 5.18. The fourth-order valence-electron chi connectivity index (χ4n) is 1.87. The number of nitrogens with zero attached hydrogens (tertiary/aromatic N) is 1. The number of hydrogen-bond acceptors (Lipinski definition) is 3. The molecule has 0 bridgehead atoms. The van der Waals surface area contributed by atoms with Crippen LogP contribution in [0.1, 0.15) is 27.2 Å². The molecule has 0 spiro atoms. The van der Waals surface area contributed by atoms with E-state index < -0.39 is 0 Å². The standard InChI is InChI=1S/C17H16N2O2/c1-12-8-14(4-3-7-20)10-15(9-12)17(21)19-16-6-5-13(2)18-11-16/h5-6,8-11,20H,7H2,1-2H3,(H,19,21). The Labute approximate surface area is 123 Å². The predicted octanol–water partition coefficient (Wildman–Crippen LogP) is 2.29. The van der Waals surface area contributed by atoms with Crippen molar-refractivity contribution in [3.05, 3.63) is 58.9 Å². The van der Waals surface area contributed by atoms with Gasteiger partial charge in [0.25, 0.3) is 5.91 Å². The maximum atomic E-state index is 12.2. The average molecular weight is 280 g/mol. The molecule has 0 aliphatic rings. The summed E-state index contributed by atoms with van der Waals surface area (Å²) in [5.41, 5.74) is 3.71. The molecule has 1 heterocycles. The molecule has 1 amide bonds. The number of carbonyl (C=O) groups excluding carboxylic acids is 1. The van der Waals surface area contributed by atoms with Crippen molar-refractivity contribution in [3.63, 3.8) is 0 Å². The Morgan fingerprint density at radius 2 is 2.10 bits per heavy atom. The van der Waals surface area contributed by atoms with E-state index in [0.717, 1.165) is 11.3 Å². The fraction of sp³-hybridized carbons (Fsp3) is 0.176. The number of hydrogen-bond donors (Lipinski definition) is 2. The van der Waals surface area contributed by atoms with Crippen LogP contribution in [0.25, 0.3) is 0 Å². The van der Waals surface area contributed by atoms with E-state index in [9.17, 15) is 4.79 Å². The lowest BCUT2D eigenvalue weighted by Crippen LogP contribution is -2.12. The highest BCUT2D eigenvalue weighted by Gasteiger charge is 2.08. The normalized spacial score (nSPS) is 9.67. The maximum absolute atomic E-state index is 12.2. The molecule has 0 atom stereocenters. The lowest BCUT2D eigenvalue weighted by molar-refractivity contribution is 0.102. The number of aryl methyl sites for hydroxylation is 2. The van der Waals surface area contributed by atoms with Gasteiger partial charge in [-0.1, -0.05) is 11.8 Å². The number of aliphatic hydroxyl groups is 1. The van der Waals surface area contributed by atoms with Crippen molar-refractivity contribution in [1.29, 1.82) is 0 Å². The first-order valence-electron chi connectivity index (χ1n) is 6.54. The minimum atomic E-state index is -0.212. The molecule has 0 aliphatic heterocycles. The summed E-state index contributed by atoms with van der Waals surface area (Å²) in [6, 6.07) is 9.01. The number of aromatic nitrogens is 1. The van der Waals surface area contributed by atoms with Crippen LogP contribution in [-0.4, -0.2) is 22.6 Å². The molecule has 0 saturated carbocycles. The predicted molar refractivity (Wildman–Crippen MR) is 82.1 cm³/mol.